The molecule has 20 heavy (non-hydrogen) atoms. The number of hydrogen-bond donors (Lipinski definition) is 0. The lowest BCUT2D eigenvalue weighted by atomic mass is 10.0. The minimum atomic E-state index is 1.06. The van der Waals surface area contributed by atoms with Crippen molar-refractivity contribution < 1.29 is 0 Å². The molecule has 0 amide bonds. The summed E-state index contributed by atoms with van der Waals surface area (Å²) in [6.45, 7) is 2.25. The summed E-state index contributed by atoms with van der Waals surface area (Å²) < 4.78 is 4.44. The fraction of sp³-hybridized carbons (Fsp3) is 0.438. The molecular weight excluding hydrogens is 474 g/mol. The van der Waals surface area contributed by atoms with Gasteiger partial charge in [0.25, 0.3) is 0 Å². The number of halogens is 2. The number of hydrogen-bond acceptors (Lipinski definition) is 1. The molecule has 0 bridgehead atoms. The Bertz CT molecular complexity index is 576. The molecule has 0 atom stereocenters. The highest BCUT2D eigenvalue weighted by Gasteiger charge is 2.12. The third-order valence-electron chi connectivity index (χ3n) is 3.49. The van der Waals surface area contributed by atoms with Crippen LogP contribution in [-0.2, 0) is 13.5 Å². The predicted molar refractivity (Wildman–Crippen MR) is 102 cm³/mol. The Hall–Kier alpha value is -0.110. The van der Waals surface area contributed by atoms with Crippen LogP contribution in [0.3, 0.4) is 0 Å². The van der Waals surface area contributed by atoms with E-state index in [4.69, 9.17) is 0 Å². The Balaban J connectivity index is 2.15. The van der Waals surface area contributed by atoms with E-state index in [0.29, 0.717) is 0 Å². The Morgan fingerprint density at radius 1 is 1.15 bits per heavy atom. The number of aryl methyl sites for hydroxylation is 1. The van der Waals surface area contributed by atoms with E-state index in [0.717, 1.165) is 9.53 Å². The van der Waals surface area contributed by atoms with Crippen LogP contribution in [0.2, 0.25) is 0 Å². The molecule has 0 radical (unpaired) electrons. The molecule has 0 unspecified atom stereocenters. The fourth-order valence-corrected chi connectivity index (χ4v) is 3.26. The molecule has 0 aliphatic carbocycles. The van der Waals surface area contributed by atoms with Crippen molar-refractivity contribution in [3.8, 4) is 11.4 Å². The van der Waals surface area contributed by atoms with Crippen molar-refractivity contribution >= 4 is 45.2 Å². The minimum absolute atomic E-state index is 1.06. The molecule has 0 aliphatic heterocycles. The summed E-state index contributed by atoms with van der Waals surface area (Å²) in [6.07, 6.45) is 6.43. The molecule has 0 spiro atoms. The van der Waals surface area contributed by atoms with Crippen LogP contribution in [0, 0.1) is 7.40 Å². The van der Waals surface area contributed by atoms with E-state index in [1.165, 1.54) is 46.9 Å². The molecule has 2 nitrogen and oxygen atoms in total. The first-order chi connectivity index (χ1) is 9.63. The maximum atomic E-state index is 4.67. The number of aromatic nitrogens is 2. The molecule has 0 fully saturated rings. The van der Waals surface area contributed by atoms with Crippen LogP contribution in [-0.4, -0.2) is 9.55 Å². The Morgan fingerprint density at radius 3 is 2.60 bits per heavy atom. The number of unbranched alkanes of at least 4 members (excludes halogenated alkanes) is 3. The SMILES string of the molecule is CCCCCCc1cccc(-c2nc(I)c(I)n2C)c1. The summed E-state index contributed by atoms with van der Waals surface area (Å²) in [5.74, 6) is 1.06. The van der Waals surface area contributed by atoms with Crippen molar-refractivity contribution in [2.45, 2.75) is 39.0 Å². The summed E-state index contributed by atoms with van der Waals surface area (Å²) in [6, 6.07) is 8.83. The normalized spacial score (nSPS) is 11.0. The molecular formula is C16H20I2N2. The smallest absolute Gasteiger partial charge is 0.141 e. The van der Waals surface area contributed by atoms with Crippen LogP contribution < -0.4 is 0 Å². The van der Waals surface area contributed by atoms with Gasteiger partial charge in [-0.1, -0.05) is 44.4 Å². The van der Waals surface area contributed by atoms with Gasteiger partial charge >= 0.3 is 0 Å². The van der Waals surface area contributed by atoms with E-state index >= 15 is 0 Å². The van der Waals surface area contributed by atoms with Gasteiger partial charge in [0, 0.05) is 12.6 Å². The molecule has 0 aliphatic rings. The van der Waals surface area contributed by atoms with Gasteiger partial charge in [-0.15, -0.1) is 0 Å². The maximum Gasteiger partial charge on any atom is 0.141 e. The monoisotopic (exact) mass is 494 g/mol. The number of nitrogens with zero attached hydrogens (tertiary/aromatic N) is 2. The van der Waals surface area contributed by atoms with Gasteiger partial charge in [-0.25, -0.2) is 4.98 Å². The highest BCUT2D eigenvalue weighted by molar-refractivity contribution is 14.1. The quantitative estimate of drug-likeness (QED) is 0.388. The molecule has 4 heteroatoms. The average Bonchev–Trinajstić information content (AvgIpc) is 2.72. The molecule has 1 aromatic carbocycles. The second kappa shape index (κ2) is 7.77. The van der Waals surface area contributed by atoms with E-state index in [1.54, 1.807) is 0 Å². The van der Waals surface area contributed by atoms with Gasteiger partial charge in [-0.05, 0) is 69.7 Å². The Labute approximate surface area is 148 Å². The third kappa shape index (κ3) is 3.96. The number of imidazole rings is 1. The first kappa shape index (κ1) is 16.3. The van der Waals surface area contributed by atoms with Gasteiger partial charge in [0.1, 0.15) is 13.2 Å². The first-order valence-corrected chi connectivity index (χ1v) is 9.26. The zero-order chi connectivity index (χ0) is 14.5. The summed E-state index contributed by atoms with van der Waals surface area (Å²) in [4.78, 5) is 4.67. The number of rotatable bonds is 6. The Kier molecular flexibility index (Phi) is 6.32. The number of benzene rings is 1. The van der Waals surface area contributed by atoms with Gasteiger partial charge in [0.05, 0.1) is 0 Å². The predicted octanol–water partition coefficient (Wildman–Crippen LogP) is 5.42. The lowest BCUT2D eigenvalue weighted by Gasteiger charge is -2.06. The Morgan fingerprint density at radius 2 is 1.95 bits per heavy atom. The van der Waals surface area contributed by atoms with Crippen LogP contribution in [0.5, 0.6) is 0 Å². The van der Waals surface area contributed by atoms with Gasteiger partial charge in [0.15, 0.2) is 0 Å². The fourth-order valence-electron chi connectivity index (χ4n) is 2.33. The zero-order valence-corrected chi connectivity index (χ0v) is 16.3. The molecule has 2 rings (SSSR count). The summed E-state index contributed by atoms with van der Waals surface area (Å²) in [5.41, 5.74) is 2.65. The van der Waals surface area contributed by atoms with Gasteiger partial charge in [-0.2, -0.15) is 0 Å². The molecule has 2 aromatic rings. The van der Waals surface area contributed by atoms with Crippen molar-refractivity contribution in [3.05, 3.63) is 37.2 Å². The van der Waals surface area contributed by atoms with E-state index < -0.39 is 0 Å². The van der Waals surface area contributed by atoms with Crippen molar-refractivity contribution in [2.24, 2.45) is 7.05 Å². The van der Waals surface area contributed by atoms with E-state index in [2.05, 4.69) is 93.0 Å². The second-order valence-electron chi connectivity index (χ2n) is 5.09. The minimum Gasteiger partial charge on any atom is -0.322 e. The second-order valence-corrected chi connectivity index (χ2v) is 7.13. The molecule has 1 aromatic heterocycles. The molecule has 108 valence electrons. The van der Waals surface area contributed by atoms with Gasteiger partial charge in [-0.3, -0.25) is 0 Å². The third-order valence-corrected chi connectivity index (χ3v) is 6.51. The summed E-state index contributed by atoms with van der Waals surface area (Å²) >= 11 is 4.65. The van der Waals surface area contributed by atoms with Crippen LogP contribution in [0.4, 0.5) is 0 Å². The topological polar surface area (TPSA) is 17.8 Å². The maximum absolute atomic E-state index is 4.67. The summed E-state index contributed by atoms with van der Waals surface area (Å²) in [5, 5.41) is 0. The lowest BCUT2D eigenvalue weighted by molar-refractivity contribution is 0.667. The highest BCUT2D eigenvalue weighted by Crippen LogP contribution is 2.24. The van der Waals surface area contributed by atoms with Gasteiger partial charge < -0.3 is 4.57 Å². The first-order valence-electron chi connectivity index (χ1n) is 7.10. The van der Waals surface area contributed by atoms with Crippen molar-refractivity contribution in [1.29, 1.82) is 0 Å². The highest BCUT2D eigenvalue weighted by atomic mass is 127. The standard InChI is InChI=1S/C16H20I2N2/c1-3-4-5-6-8-12-9-7-10-13(11-12)16-19-14(17)15(18)20(16)2/h7,9-11H,3-6,8H2,1-2H3. The van der Waals surface area contributed by atoms with E-state index in [9.17, 15) is 0 Å². The zero-order valence-electron chi connectivity index (χ0n) is 12.0. The van der Waals surface area contributed by atoms with Crippen LogP contribution in [0.1, 0.15) is 38.2 Å². The van der Waals surface area contributed by atoms with E-state index in [-0.39, 0.29) is 0 Å². The molecule has 0 saturated heterocycles. The van der Waals surface area contributed by atoms with Crippen LogP contribution in [0.25, 0.3) is 11.4 Å². The average molecular weight is 494 g/mol. The van der Waals surface area contributed by atoms with Gasteiger partial charge in [0.2, 0.25) is 0 Å². The van der Waals surface area contributed by atoms with Crippen molar-refractivity contribution in [1.82, 2.24) is 9.55 Å². The largest absolute Gasteiger partial charge is 0.322 e. The molecule has 1 heterocycles. The summed E-state index contributed by atoms with van der Waals surface area (Å²) in [7, 11) is 2.08. The van der Waals surface area contributed by atoms with Crippen molar-refractivity contribution in [3.63, 3.8) is 0 Å². The molecule has 0 N–H and O–H groups in total. The van der Waals surface area contributed by atoms with Crippen LogP contribution in [0.15, 0.2) is 24.3 Å². The van der Waals surface area contributed by atoms with E-state index in [1.807, 2.05) is 0 Å². The van der Waals surface area contributed by atoms with Crippen molar-refractivity contribution in [2.75, 3.05) is 0 Å². The molecule has 0 saturated carbocycles. The lowest BCUT2D eigenvalue weighted by Crippen LogP contribution is -1.95. The van der Waals surface area contributed by atoms with Crippen LogP contribution >= 0.6 is 45.2 Å².